The Balaban J connectivity index is 1.60. The predicted octanol–water partition coefficient (Wildman–Crippen LogP) is 5.06. The third kappa shape index (κ3) is 3.74. The van der Waals surface area contributed by atoms with Crippen molar-refractivity contribution in [2.75, 3.05) is 5.32 Å². The number of pyridine rings is 1. The second-order valence-electron chi connectivity index (χ2n) is 6.86. The van der Waals surface area contributed by atoms with Gasteiger partial charge < -0.3 is 9.88 Å². The van der Waals surface area contributed by atoms with Crippen molar-refractivity contribution in [2.45, 2.75) is 19.9 Å². The van der Waals surface area contributed by atoms with E-state index in [0.717, 1.165) is 38.6 Å². The van der Waals surface area contributed by atoms with Gasteiger partial charge in [-0.3, -0.25) is 9.78 Å². The number of hydrogen-bond acceptors (Lipinski definition) is 3. The first-order valence-corrected chi connectivity index (χ1v) is 9.45. The van der Waals surface area contributed by atoms with E-state index in [2.05, 4.69) is 20.9 Å². The Morgan fingerprint density at radius 1 is 1.17 bits per heavy atom. The number of aryl methyl sites for hydroxylation is 2. The third-order valence-electron chi connectivity index (χ3n) is 4.93. The van der Waals surface area contributed by atoms with Crippen LogP contribution in [0.5, 0.6) is 0 Å². The number of nitriles is 1. The summed E-state index contributed by atoms with van der Waals surface area (Å²) in [5, 5.41) is 13.8. The van der Waals surface area contributed by atoms with Gasteiger partial charge in [0, 0.05) is 46.9 Å². The minimum atomic E-state index is -0.201. The van der Waals surface area contributed by atoms with Crippen molar-refractivity contribution in [3.8, 4) is 6.07 Å². The molecule has 0 unspecified atom stereocenters. The molecule has 0 atom stereocenters. The van der Waals surface area contributed by atoms with Crippen LogP contribution in [-0.2, 0) is 11.3 Å². The lowest BCUT2D eigenvalue weighted by Crippen LogP contribution is -2.08. The fraction of sp³-hybridized carbons (Fsp3) is 0.125. The molecule has 0 saturated heterocycles. The number of amides is 1. The molecular formula is C24H20N4O. The SMILES string of the molecule is Cc1ccc(NC(=O)/C=C/c2cn(CCC#N)c3ccccc23)c2cccnc12. The van der Waals surface area contributed by atoms with Gasteiger partial charge in [-0.1, -0.05) is 24.3 Å². The Kier molecular flexibility index (Phi) is 5.08. The topological polar surface area (TPSA) is 70.7 Å². The molecule has 2 heterocycles. The highest BCUT2D eigenvalue weighted by molar-refractivity contribution is 6.08. The minimum absolute atomic E-state index is 0.201. The number of benzene rings is 2. The summed E-state index contributed by atoms with van der Waals surface area (Å²) in [6, 6.07) is 17.8. The maximum atomic E-state index is 12.6. The van der Waals surface area contributed by atoms with Crippen molar-refractivity contribution in [1.82, 2.24) is 9.55 Å². The largest absolute Gasteiger partial charge is 0.346 e. The van der Waals surface area contributed by atoms with E-state index in [1.54, 1.807) is 12.3 Å². The van der Waals surface area contributed by atoms with Crippen molar-refractivity contribution < 1.29 is 4.79 Å². The van der Waals surface area contributed by atoms with Crippen LogP contribution < -0.4 is 5.32 Å². The summed E-state index contributed by atoms with van der Waals surface area (Å²) >= 11 is 0. The molecule has 4 rings (SSSR count). The smallest absolute Gasteiger partial charge is 0.248 e. The third-order valence-corrected chi connectivity index (χ3v) is 4.93. The molecule has 5 heteroatoms. The monoisotopic (exact) mass is 380 g/mol. The minimum Gasteiger partial charge on any atom is -0.346 e. The van der Waals surface area contributed by atoms with Crippen molar-refractivity contribution in [1.29, 1.82) is 5.26 Å². The van der Waals surface area contributed by atoms with Gasteiger partial charge in [-0.2, -0.15) is 5.26 Å². The van der Waals surface area contributed by atoms with Crippen LogP contribution in [0.3, 0.4) is 0 Å². The van der Waals surface area contributed by atoms with Crippen molar-refractivity contribution in [2.24, 2.45) is 0 Å². The normalized spacial score (nSPS) is 11.2. The van der Waals surface area contributed by atoms with Crippen LogP contribution in [0.4, 0.5) is 5.69 Å². The first-order valence-electron chi connectivity index (χ1n) is 9.45. The van der Waals surface area contributed by atoms with Crippen LogP contribution in [0.1, 0.15) is 17.5 Å². The fourth-order valence-electron chi connectivity index (χ4n) is 3.53. The van der Waals surface area contributed by atoms with Gasteiger partial charge >= 0.3 is 0 Å². The molecule has 142 valence electrons. The van der Waals surface area contributed by atoms with Gasteiger partial charge in [0.05, 0.1) is 23.7 Å². The number of nitrogens with zero attached hydrogens (tertiary/aromatic N) is 3. The zero-order chi connectivity index (χ0) is 20.2. The summed E-state index contributed by atoms with van der Waals surface area (Å²) in [6.45, 7) is 2.63. The van der Waals surface area contributed by atoms with Gasteiger partial charge in [0.25, 0.3) is 0 Å². The number of fused-ring (bicyclic) bond motifs is 2. The summed E-state index contributed by atoms with van der Waals surface area (Å²) < 4.78 is 2.05. The quantitative estimate of drug-likeness (QED) is 0.492. The summed E-state index contributed by atoms with van der Waals surface area (Å²) in [5.74, 6) is -0.201. The first-order chi connectivity index (χ1) is 14.2. The van der Waals surface area contributed by atoms with E-state index in [1.807, 2.05) is 67.7 Å². The number of rotatable bonds is 5. The number of carbonyl (C=O) groups excluding carboxylic acids is 1. The molecule has 0 fully saturated rings. The van der Waals surface area contributed by atoms with E-state index in [9.17, 15) is 4.79 Å². The van der Waals surface area contributed by atoms with Gasteiger partial charge in [0.2, 0.25) is 5.91 Å². The molecule has 5 nitrogen and oxygen atoms in total. The lowest BCUT2D eigenvalue weighted by Gasteiger charge is -2.08. The molecule has 0 aliphatic rings. The van der Waals surface area contributed by atoms with Gasteiger partial charge in [-0.15, -0.1) is 0 Å². The fourth-order valence-corrected chi connectivity index (χ4v) is 3.53. The van der Waals surface area contributed by atoms with E-state index in [0.29, 0.717) is 13.0 Å². The second-order valence-corrected chi connectivity index (χ2v) is 6.86. The van der Waals surface area contributed by atoms with Crippen LogP contribution in [-0.4, -0.2) is 15.5 Å². The zero-order valence-electron chi connectivity index (χ0n) is 16.1. The Bertz CT molecular complexity index is 1280. The number of hydrogen-bond donors (Lipinski definition) is 1. The van der Waals surface area contributed by atoms with Crippen LogP contribution >= 0.6 is 0 Å². The number of anilines is 1. The van der Waals surface area contributed by atoms with Crippen molar-refractivity contribution >= 4 is 39.5 Å². The van der Waals surface area contributed by atoms with E-state index in [1.165, 1.54) is 0 Å². The number of carbonyl (C=O) groups is 1. The summed E-state index contributed by atoms with van der Waals surface area (Å²) in [6.07, 6.45) is 7.53. The molecule has 0 aliphatic carbocycles. The molecular weight excluding hydrogens is 360 g/mol. The lowest BCUT2D eigenvalue weighted by atomic mass is 10.1. The van der Waals surface area contributed by atoms with E-state index in [-0.39, 0.29) is 5.91 Å². The second kappa shape index (κ2) is 7.99. The van der Waals surface area contributed by atoms with Crippen molar-refractivity contribution in [3.63, 3.8) is 0 Å². The van der Waals surface area contributed by atoms with Gasteiger partial charge in [0.15, 0.2) is 0 Å². The molecule has 0 saturated carbocycles. The maximum Gasteiger partial charge on any atom is 0.248 e. The van der Waals surface area contributed by atoms with Gasteiger partial charge in [-0.05, 0) is 42.8 Å². The number of nitrogens with one attached hydrogen (secondary N) is 1. The van der Waals surface area contributed by atoms with Crippen molar-refractivity contribution in [3.05, 3.63) is 78.1 Å². The number of aromatic nitrogens is 2. The van der Waals surface area contributed by atoms with E-state index in [4.69, 9.17) is 5.26 Å². The Morgan fingerprint density at radius 3 is 2.86 bits per heavy atom. The van der Waals surface area contributed by atoms with Crippen LogP contribution in [0, 0.1) is 18.3 Å². The highest BCUT2D eigenvalue weighted by Gasteiger charge is 2.08. The summed E-state index contributed by atoms with van der Waals surface area (Å²) in [5.41, 5.74) is 4.70. The van der Waals surface area contributed by atoms with Gasteiger partial charge in [0.1, 0.15) is 0 Å². The molecule has 4 aromatic rings. The zero-order valence-corrected chi connectivity index (χ0v) is 16.1. The average molecular weight is 380 g/mol. The van der Waals surface area contributed by atoms with Crippen LogP contribution in [0.15, 0.2) is 67.0 Å². The van der Waals surface area contributed by atoms with Crippen LogP contribution in [0.2, 0.25) is 0 Å². The molecule has 1 N–H and O–H groups in total. The Hall–Kier alpha value is -3.91. The highest BCUT2D eigenvalue weighted by Crippen LogP contribution is 2.25. The standard InChI is InChI=1S/C24H20N4O/c1-17-9-11-21(20-7-4-14-26-24(17)20)27-23(29)12-10-18-16-28(15-5-13-25)22-8-3-2-6-19(18)22/h2-4,6-12,14,16H,5,15H2,1H3,(H,27,29)/b12-10+. The molecule has 0 radical (unpaired) electrons. The molecule has 2 aromatic carbocycles. The summed E-state index contributed by atoms with van der Waals surface area (Å²) in [4.78, 5) is 17.0. The predicted molar refractivity (Wildman–Crippen MR) is 116 cm³/mol. The first kappa shape index (κ1) is 18.5. The van der Waals surface area contributed by atoms with E-state index >= 15 is 0 Å². The van der Waals surface area contributed by atoms with E-state index < -0.39 is 0 Å². The molecule has 2 aromatic heterocycles. The molecule has 1 amide bonds. The number of para-hydroxylation sites is 1. The van der Waals surface area contributed by atoms with Gasteiger partial charge in [-0.25, -0.2) is 0 Å². The molecule has 0 aliphatic heterocycles. The Morgan fingerprint density at radius 2 is 2.00 bits per heavy atom. The summed E-state index contributed by atoms with van der Waals surface area (Å²) in [7, 11) is 0. The molecule has 29 heavy (non-hydrogen) atoms. The Labute approximate surface area is 168 Å². The molecule has 0 bridgehead atoms. The lowest BCUT2D eigenvalue weighted by molar-refractivity contribution is -0.111. The average Bonchev–Trinajstić information content (AvgIpc) is 3.11. The maximum absolute atomic E-state index is 12.6. The molecule has 0 spiro atoms. The van der Waals surface area contributed by atoms with Crippen LogP contribution in [0.25, 0.3) is 27.9 Å². The highest BCUT2D eigenvalue weighted by atomic mass is 16.1.